The molecule has 0 fully saturated rings. The topological polar surface area (TPSA) is 33.5 Å². The largest absolute Gasteiger partial charge is 0.467 e. The first-order chi connectivity index (χ1) is 12.1. The van der Waals surface area contributed by atoms with E-state index in [1.54, 1.807) is 18.4 Å². The van der Waals surface area contributed by atoms with E-state index < -0.39 is 0 Å². The Balaban J connectivity index is 1.80. The molecule has 2 heterocycles. The second-order valence-corrected chi connectivity index (χ2v) is 6.90. The van der Waals surface area contributed by atoms with Gasteiger partial charge >= 0.3 is 0 Å². The lowest BCUT2D eigenvalue weighted by atomic mass is 9.89. The third-order valence-electron chi connectivity index (χ3n) is 4.53. The Kier molecular flexibility index (Phi) is 4.28. The summed E-state index contributed by atoms with van der Waals surface area (Å²) in [5, 5.41) is 1.14. The summed E-state index contributed by atoms with van der Waals surface area (Å²) in [6, 6.07) is 16.6. The van der Waals surface area contributed by atoms with Crippen LogP contribution in [0.3, 0.4) is 0 Å². The maximum absolute atomic E-state index is 13.1. The van der Waals surface area contributed by atoms with Crippen molar-refractivity contribution in [1.82, 2.24) is 4.90 Å². The third-order valence-corrected chi connectivity index (χ3v) is 5.09. The van der Waals surface area contributed by atoms with Crippen molar-refractivity contribution in [3.63, 3.8) is 0 Å². The Hall–Kier alpha value is -2.23. The molecule has 0 bridgehead atoms. The fourth-order valence-corrected chi connectivity index (χ4v) is 3.86. The number of amides is 1. The third kappa shape index (κ3) is 3.06. The molecule has 0 aliphatic carbocycles. The molecule has 1 aliphatic rings. The number of furan rings is 1. The average Bonchev–Trinajstić information content (AvgIpc) is 3.11. The summed E-state index contributed by atoms with van der Waals surface area (Å²) in [5.74, 6) is 0.720. The Bertz CT molecular complexity index is 921. The van der Waals surface area contributed by atoms with Gasteiger partial charge in [0.05, 0.1) is 18.8 Å². The van der Waals surface area contributed by atoms with Crippen LogP contribution >= 0.6 is 23.2 Å². The van der Waals surface area contributed by atoms with Crippen LogP contribution in [0.2, 0.25) is 10.0 Å². The van der Waals surface area contributed by atoms with Crippen molar-refractivity contribution in [3.8, 4) is 0 Å². The predicted molar refractivity (Wildman–Crippen MR) is 97.9 cm³/mol. The van der Waals surface area contributed by atoms with Crippen molar-refractivity contribution in [2.75, 3.05) is 0 Å². The lowest BCUT2D eigenvalue weighted by molar-refractivity contribution is 0.0612. The molecule has 3 aromatic rings. The minimum absolute atomic E-state index is 0.0192. The molecule has 4 rings (SSSR count). The van der Waals surface area contributed by atoms with E-state index in [9.17, 15) is 4.79 Å². The SMILES string of the molecule is O=C1c2ccccc2CC(c2ccc(Cl)cc2Cl)N1Cc1ccco1. The van der Waals surface area contributed by atoms with E-state index in [4.69, 9.17) is 27.6 Å². The number of carbonyl (C=O) groups excluding carboxylic acids is 1. The van der Waals surface area contributed by atoms with Gasteiger partial charge in [-0.15, -0.1) is 0 Å². The van der Waals surface area contributed by atoms with Crippen molar-refractivity contribution in [2.24, 2.45) is 0 Å². The number of carbonyl (C=O) groups is 1. The number of hydrogen-bond donors (Lipinski definition) is 0. The minimum Gasteiger partial charge on any atom is -0.467 e. The monoisotopic (exact) mass is 371 g/mol. The first kappa shape index (κ1) is 16.2. The number of halogens is 2. The highest BCUT2D eigenvalue weighted by Crippen LogP contribution is 2.38. The fraction of sp³-hybridized carbons (Fsp3) is 0.150. The Morgan fingerprint density at radius 1 is 1.08 bits per heavy atom. The van der Waals surface area contributed by atoms with Gasteiger partial charge in [-0.05, 0) is 47.9 Å². The second kappa shape index (κ2) is 6.58. The zero-order chi connectivity index (χ0) is 17.4. The molecule has 126 valence electrons. The molecule has 3 nitrogen and oxygen atoms in total. The van der Waals surface area contributed by atoms with E-state index in [0.29, 0.717) is 23.0 Å². The number of nitrogens with zero attached hydrogens (tertiary/aromatic N) is 1. The molecule has 25 heavy (non-hydrogen) atoms. The highest BCUT2D eigenvalue weighted by atomic mass is 35.5. The van der Waals surface area contributed by atoms with Crippen LogP contribution in [0, 0.1) is 0 Å². The van der Waals surface area contributed by atoms with E-state index >= 15 is 0 Å². The first-order valence-corrected chi connectivity index (χ1v) is 8.75. The van der Waals surface area contributed by atoms with Gasteiger partial charge in [0.1, 0.15) is 5.76 Å². The zero-order valence-corrected chi connectivity index (χ0v) is 14.8. The van der Waals surface area contributed by atoms with E-state index in [-0.39, 0.29) is 11.9 Å². The van der Waals surface area contributed by atoms with Gasteiger partial charge in [-0.3, -0.25) is 4.79 Å². The number of benzene rings is 2. The number of fused-ring (bicyclic) bond motifs is 1. The van der Waals surface area contributed by atoms with Crippen molar-refractivity contribution in [3.05, 3.63) is 93.4 Å². The van der Waals surface area contributed by atoms with E-state index in [0.717, 1.165) is 22.5 Å². The molecule has 1 unspecified atom stereocenters. The standard InChI is InChI=1S/C20H15Cl2NO2/c21-14-7-8-17(18(22)11-14)19-10-13-4-1-2-6-16(13)20(24)23(19)12-15-5-3-9-25-15/h1-9,11,19H,10,12H2. The molecule has 1 aromatic heterocycles. The molecule has 2 aromatic carbocycles. The maximum Gasteiger partial charge on any atom is 0.255 e. The van der Waals surface area contributed by atoms with Crippen molar-refractivity contribution < 1.29 is 9.21 Å². The van der Waals surface area contributed by atoms with Gasteiger partial charge in [0.2, 0.25) is 0 Å². The zero-order valence-electron chi connectivity index (χ0n) is 13.3. The van der Waals surface area contributed by atoms with Gasteiger partial charge in [0.15, 0.2) is 0 Å². The Morgan fingerprint density at radius 2 is 1.92 bits per heavy atom. The first-order valence-electron chi connectivity index (χ1n) is 7.99. The molecular formula is C20H15Cl2NO2. The van der Waals surface area contributed by atoms with Crippen LogP contribution in [-0.2, 0) is 13.0 Å². The summed E-state index contributed by atoms with van der Waals surface area (Å²) in [6.07, 6.45) is 2.31. The van der Waals surface area contributed by atoms with Crippen LogP contribution in [0.15, 0.2) is 65.3 Å². The van der Waals surface area contributed by atoms with Crippen LogP contribution in [0.1, 0.15) is 33.3 Å². The van der Waals surface area contributed by atoms with Crippen molar-refractivity contribution >= 4 is 29.1 Å². The van der Waals surface area contributed by atoms with Gasteiger partial charge in [0.25, 0.3) is 5.91 Å². The molecular weight excluding hydrogens is 357 g/mol. The number of hydrogen-bond acceptors (Lipinski definition) is 2. The molecule has 5 heteroatoms. The normalized spacial score (nSPS) is 16.8. The van der Waals surface area contributed by atoms with Crippen molar-refractivity contribution in [1.29, 1.82) is 0 Å². The van der Waals surface area contributed by atoms with Crippen LogP contribution in [-0.4, -0.2) is 10.8 Å². The smallest absolute Gasteiger partial charge is 0.255 e. The van der Waals surface area contributed by atoms with Gasteiger partial charge < -0.3 is 9.32 Å². The quantitative estimate of drug-likeness (QED) is 0.606. The summed E-state index contributed by atoms with van der Waals surface area (Å²) in [4.78, 5) is 14.9. The Morgan fingerprint density at radius 3 is 2.68 bits per heavy atom. The minimum atomic E-state index is -0.169. The molecule has 0 N–H and O–H groups in total. The number of rotatable bonds is 3. The molecule has 0 radical (unpaired) electrons. The highest BCUT2D eigenvalue weighted by molar-refractivity contribution is 6.35. The summed E-state index contributed by atoms with van der Waals surface area (Å²) in [5.41, 5.74) is 2.65. The summed E-state index contributed by atoms with van der Waals surface area (Å²) >= 11 is 12.5. The van der Waals surface area contributed by atoms with E-state index in [1.807, 2.05) is 47.4 Å². The lowest BCUT2D eigenvalue weighted by Gasteiger charge is -2.37. The molecule has 1 aliphatic heterocycles. The molecule has 0 spiro atoms. The van der Waals surface area contributed by atoms with Crippen molar-refractivity contribution in [2.45, 2.75) is 19.0 Å². The second-order valence-electron chi connectivity index (χ2n) is 6.06. The van der Waals surface area contributed by atoms with E-state index in [2.05, 4.69) is 0 Å². The van der Waals surface area contributed by atoms with Gasteiger partial charge in [-0.2, -0.15) is 0 Å². The summed E-state index contributed by atoms with van der Waals surface area (Å²) in [6.45, 7) is 0.393. The van der Waals surface area contributed by atoms with Crippen LogP contribution < -0.4 is 0 Å². The molecule has 1 atom stereocenters. The van der Waals surface area contributed by atoms with E-state index in [1.165, 1.54) is 0 Å². The fourth-order valence-electron chi connectivity index (χ4n) is 3.32. The maximum atomic E-state index is 13.1. The predicted octanol–water partition coefficient (Wildman–Crippen LogP) is 5.53. The van der Waals surface area contributed by atoms with Gasteiger partial charge in [-0.1, -0.05) is 47.5 Å². The van der Waals surface area contributed by atoms with Gasteiger partial charge in [-0.25, -0.2) is 0 Å². The van der Waals surface area contributed by atoms with Crippen LogP contribution in [0.25, 0.3) is 0 Å². The molecule has 0 saturated heterocycles. The molecule has 1 amide bonds. The summed E-state index contributed by atoms with van der Waals surface area (Å²) < 4.78 is 5.46. The lowest BCUT2D eigenvalue weighted by Crippen LogP contribution is -2.39. The summed E-state index contributed by atoms with van der Waals surface area (Å²) in [7, 11) is 0. The van der Waals surface area contributed by atoms with Crippen LogP contribution in [0.5, 0.6) is 0 Å². The average molecular weight is 372 g/mol. The highest BCUT2D eigenvalue weighted by Gasteiger charge is 2.34. The van der Waals surface area contributed by atoms with Gasteiger partial charge in [0, 0.05) is 15.6 Å². The van der Waals surface area contributed by atoms with Crippen LogP contribution in [0.4, 0.5) is 0 Å². The Labute approximate surface area is 155 Å². The molecule has 0 saturated carbocycles.